The van der Waals surface area contributed by atoms with Crippen LogP contribution < -0.4 is 0 Å². The van der Waals surface area contributed by atoms with Crippen molar-refractivity contribution in [3.05, 3.63) is 23.8 Å². The molecule has 0 aliphatic carbocycles. The Bertz CT molecular complexity index is 455. The minimum atomic E-state index is 0.0972. The molecule has 0 atom stereocenters. The molecule has 0 saturated carbocycles. The maximum absolute atomic E-state index is 11.9. The Hall–Kier alpha value is -1.69. The third-order valence-electron chi connectivity index (χ3n) is 3.49. The molecule has 0 N–H and O–H groups in total. The quantitative estimate of drug-likeness (QED) is 0.821. The van der Waals surface area contributed by atoms with E-state index < -0.39 is 0 Å². The zero-order valence-electron chi connectivity index (χ0n) is 12.5. The number of hydrogen-bond donors (Lipinski definition) is 0. The number of carbonyl (C=O) groups excluding carboxylic acids is 1. The molecule has 2 amide bonds. The molecular formula is C14H23N5O. The molecule has 0 unspecified atom stereocenters. The molecule has 0 aromatic carbocycles. The van der Waals surface area contributed by atoms with E-state index in [0.29, 0.717) is 0 Å². The fraction of sp³-hybridized carbons (Fsp3) is 0.643. The van der Waals surface area contributed by atoms with Crippen molar-refractivity contribution < 1.29 is 4.79 Å². The fourth-order valence-electron chi connectivity index (χ4n) is 2.31. The summed E-state index contributed by atoms with van der Waals surface area (Å²) in [7, 11) is 3.59. The van der Waals surface area contributed by atoms with E-state index in [0.717, 1.165) is 50.7 Å². The van der Waals surface area contributed by atoms with Crippen LogP contribution in [-0.2, 0) is 13.0 Å². The SMILES string of the molecule is CCc1nccc(CN2CCN(C(=O)N(C)C)CC2)n1. The van der Waals surface area contributed by atoms with Crippen molar-refractivity contribution in [3.8, 4) is 0 Å². The second kappa shape index (κ2) is 6.65. The molecule has 20 heavy (non-hydrogen) atoms. The molecular weight excluding hydrogens is 254 g/mol. The minimum absolute atomic E-state index is 0.0972. The van der Waals surface area contributed by atoms with Gasteiger partial charge in [0.1, 0.15) is 5.82 Å². The number of carbonyl (C=O) groups is 1. The summed E-state index contributed by atoms with van der Waals surface area (Å²) in [6, 6.07) is 2.07. The van der Waals surface area contributed by atoms with Gasteiger partial charge >= 0.3 is 6.03 Å². The van der Waals surface area contributed by atoms with Crippen LogP contribution in [0.4, 0.5) is 4.79 Å². The lowest BCUT2D eigenvalue weighted by molar-refractivity contribution is 0.119. The highest BCUT2D eigenvalue weighted by Crippen LogP contribution is 2.08. The maximum atomic E-state index is 11.9. The van der Waals surface area contributed by atoms with Gasteiger partial charge in [-0.1, -0.05) is 6.92 Å². The van der Waals surface area contributed by atoms with E-state index in [1.165, 1.54) is 0 Å². The third-order valence-corrected chi connectivity index (χ3v) is 3.49. The van der Waals surface area contributed by atoms with E-state index in [-0.39, 0.29) is 6.03 Å². The van der Waals surface area contributed by atoms with Gasteiger partial charge in [-0.15, -0.1) is 0 Å². The van der Waals surface area contributed by atoms with E-state index in [9.17, 15) is 4.79 Å². The number of piperazine rings is 1. The predicted molar refractivity (Wildman–Crippen MR) is 77.3 cm³/mol. The van der Waals surface area contributed by atoms with Crippen molar-refractivity contribution in [1.29, 1.82) is 0 Å². The molecule has 0 radical (unpaired) electrons. The molecule has 6 heteroatoms. The zero-order chi connectivity index (χ0) is 14.5. The summed E-state index contributed by atoms with van der Waals surface area (Å²) in [4.78, 5) is 26.5. The highest BCUT2D eigenvalue weighted by Gasteiger charge is 2.22. The van der Waals surface area contributed by atoms with Gasteiger partial charge in [0.25, 0.3) is 0 Å². The summed E-state index contributed by atoms with van der Waals surface area (Å²) >= 11 is 0. The van der Waals surface area contributed by atoms with Gasteiger partial charge in [-0.25, -0.2) is 14.8 Å². The average molecular weight is 277 g/mol. The summed E-state index contributed by atoms with van der Waals surface area (Å²) in [5.41, 5.74) is 1.06. The predicted octanol–water partition coefficient (Wildman–Crippen LogP) is 0.838. The molecule has 1 saturated heterocycles. The highest BCUT2D eigenvalue weighted by atomic mass is 16.2. The molecule has 0 bridgehead atoms. The lowest BCUT2D eigenvalue weighted by atomic mass is 10.3. The Morgan fingerprint density at radius 1 is 1.30 bits per heavy atom. The molecule has 110 valence electrons. The summed E-state index contributed by atoms with van der Waals surface area (Å²) in [5, 5.41) is 0. The number of urea groups is 1. The van der Waals surface area contributed by atoms with Crippen LogP contribution in [0.25, 0.3) is 0 Å². The van der Waals surface area contributed by atoms with Crippen LogP contribution in [0.1, 0.15) is 18.4 Å². The van der Waals surface area contributed by atoms with Gasteiger partial charge in [0.05, 0.1) is 5.69 Å². The van der Waals surface area contributed by atoms with Gasteiger partial charge in [0, 0.05) is 59.4 Å². The van der Waals surface area contributed by atoms with E-state index in [4.69, 9.17) is 0 Å². The van der Waals surface area contributed by atoms with Gasteiger partial charge in [0.15, 0.2) is 0 Å². The fourth-order valence-corrected chi connectivity index (χ4v) is 2.31. The number of amides is 2. The first-order chi connectivity index (χ1) is 9.60. The van der Waals surface area contributed by atoms with Crippen molar-refractivity contribution in [1.82, 2.24) is 24.7 Å². The van der Waals surface area contributed by atoms with Crippen LogP contribution in [0.15, 0.2) is 12.3 Å². The lowest BCUT2D eigenvalue weighted by Crippen LogP contribution is -2.51. The van der Waals surface area contributed by atoms with Crippen molar-refractivity contribution >= 4 is 6.03 Å². The Kier molecular flexibility index (Phi) is 4.89. The number of hydrogen-bond acceptors (Lipinski definition) is 4. The molecule has 0 spiro atoms. The zero-order valence-corrected chi connectivity index (χ0v) is 12.5. The smallest absolute Gasteiger partial charge is 0.319 e. The lowest BCUT2D eigenvalue weighted by Gasteiger charge is -2.35. The van der Waals surface area contributed by atoms with Crippen molar-refractivity contribution in [3.63, 3.8) is 0 Å². The Morgan fingerprint density at radius 3 is 2.60 bits per heavy atom. The van der Waals surface area contributed by atoms with E-state index >= 15 is 0 Å². The van der Waals surface area contributed by atoms with Crippen LogP contribution in [0, 0.1) is 0 Å². The second-order valence-electron chi connectivity index (χ2n) is 5.26. The number of rotatable bonds is 3. The Balaban J connectivity index is 1.86. The van der Waals surface area contributed by atoms with Crippen molar-refractivity contribution in [2.75, 3.05) is 40.3 Å². The molecule has 1 aromatic rings. The third kappa shape index (κ3) is 3.66. The topological polar surface area (TPSA) is 52.6 Å². The van der Waals surface area contributed by atoms with Crippen LogP contribution in [-0.4, -0.2) is 71.0 Å². The number of aromatic nitrogens is 2. The van der Waals surface area contributed by atoms with E-state index in [1.807, 2.05) is 17.2 Å². The first-order valence-corrected chi connectivity index (χ1v) is 7.09. The maximum Gasteiger partial charge on any atom is 0.319 e. The highest BCUT2D eigenvalue weighted by molar-refractivity contribution is 5.73. The van der Waals surface area contributed by atoms with Gasteiger partial charge in [-0.2, -0.15) is 0 Å². The molecule has 2 heterocycles. The van der Waals surface area contributed by atoms with Crippen LogP contribution in [0.3, 0.4) is 0 Å². The normalized spacial score (nSPS) is 16.2. The summed E-state index contributed by atoms with van der Waals surface area (Å²) < 4.78 is 0. The van der Waals surface area contributed by atoms with E-state index in [1.54, 1.807) is 19.0 Å². The molecule has 1 fully saturated rings. The summed E-state index contributed by atoms with van der Waals surface area (Å²) in [6.07, 6.45) is 2.69. The second-order valence-corrected chi connectivity index (χ2v) is 5.26. The van der Waals surface area contributed by atoms with Crippen LogP contribution in [0.2, 0.25) is 0 Å². The monoisotopic (exact) mass is 277 g/mol. The van der Waals surface area contributed by atoms with E-state index in [2.05, 4.69) is 21.8 Å². The Morgan fingerprint density at radius 2 is 2.00 bits per heavy atom. The molecule has 6 nitrogen and oxygen atoms in total. The van der Waals surface area contributed by atoms with Crippen molar-refractivity contribution in [2.24, 2.45) is 0 Å². The van der Waals surface area contributed by atoms with Crippen LogP contribution >= 0.6 is 0 Å². The molecule has 2 rings (SSSR count). The van der Waals surface area contributed by atoms with Gasteiger partial charge < -0.3 is 9.80 Å². The number of aryl methyl sites for hydroxylation is 1. The largest absolute Gasteiger partial charge is 0.331 e. The summed E-state index contributed by atoms with van der Waals surface area (Å²) in [6.45, 7) is 6.24. The first kappa shape index (κ1) is 14.7. The number of nitrogens with zero attached hydrogens (tertiary/aromatic N) is 5. The molecule has 1 aliphatic heterocycles. The standard InChI is InChI=1S/C14H23N5O/c1-4-13-15-6-5-12(16-13)11-18-7-9-19(10-8-18)14(20)17(2)3/h5-6H,4,7-11H2,1-3H3. The van der Waals surface area contributed by atoms with Gasteiger partial charge in [-0.3, -0.25) is 4.90 Å². The van der Waals surface area contributed by atoms with Gasteiger partial charge in [0.2, 0.25) is 0 Å². The average Bonchev–Trinajstić information content (AvgIpc) is 2.47. The summed E-state index contributed by atoms with van der Waals surface area (Å²) in [5.74, 6) is 0.893. The minimum Gasteiger partial charge on any atom is -0.331 e. The Labute approximate surface area is 120 Å². The van der Waals surface area contributed by atoms with Gasteiger partial charge in [-0.05, 0) is 6.07 Å². The molecule has 1 aliphatic rings. The van der Waals surface area contributed by atoms with Crippen molar-refractivity contribution in [2.45, 2.75) is 19.9 Å². The van der Waals surface area contributed by atoms with Crippen LogP contribution in [0.5, 0.6) is 0 Å². The molecule has 1 aromatic heterocycles. The first-order valence-electron chi connectivity index (χ1n) is 7.09.